The van der Waals surface area contributed by atoms with Gasteiger partial charge in [0, 0.05) is 18.8 Å². The van der Waals surface area contributed by atoms with Crippen LogP contribution in [0.1, 0.15) is 22.5 Å². The molecule has 0 bridgehead atoms. The highest BCUT2D eigenvalue weighted by Gasteiger charge is 2.19. The van der Waals surface area contributed by atoms with Crippen molar-refractivity contribution in [1.29, 1.82) is 0 Å². The first-order valence-electron chi connectivity index (χ1n) is 6.35. The zero-order valence-corrected chi connectivity index (χ0v) is 10.6. The Morgan fingerprint density at radius 3 is 3.00 bits per heavy atom. The molecule has 0 fully saturated rings. The van der Waals surface area contributed by atoms with Crippen molar-refractivity contribution in [2.24, 2.45) is 0 Å². The maximum atomic E-state index is 6.01. The summed E-state index contributed by atoms with van der Waals surface area (Å²) in [6, 6.07) is 8.22. The van der Waals surface area contributed by atoms with Crippen molar-refractivity contribution in [1.82, 2.24) is 4.90 Å². The van der Waals surface area contributed by atoms with Gasteiger partial charge in [-0.15, -0.1) is 0 Å². The maximum Gasteiger partial charge on any atom is 0.120 e. The summed E-state index contributed by atoms with van der Waals surface area (Å²) in [5.41, 5.74) is 10.8. The van der Waals surface area contributed by atoms with Crippen LogP contribution in [0.5, 0.6) is 0 Å². The molecule has 3 heteroatoms. The molecule has 0 aliphatic carbocycles. The van der Waals surface area contributed by atoms with Gasteiger partial charge in [-0.1, -0.05) is 12.1 Å². The molecule has 2 N–H and O–H groups in total. The normalized spacial score (nSPS) is 15.6. The summed E-state index contributed by atoms with van der Waals surface area (Å²) in [7, 11) is 0. The van der Waals surface area contributed by atoms with Gasteiger partial charge in [-0.2, -0.15) is 0 Å². The Hall–Kier alpha value is -1.74. The van der Waals surface area contributed by atoms with Crippen molar-refractivity contribution in [3.63, 3.8) is 0 Å². The lowest BCUT2D eigenvalue weighted by Gasteiger charge is -2.28. The molecule has 0 spiro atoms. The highest BCUT2D eigenvalue weighted by atomic mass is 16.3. The van der Waals surface area contributed by atoms with Gasteiger partial charge in [-0.3, -0.25) is 4.90 Å². The number of fused-ring (bicyclic) bond motifs is 1. The van der Waals surface area contributed by atoms with E-state index in [1.807, 2.05) is 18.2 Å². The predicted molar refractivity (Wildman–Crippen MR) is 72.1 cm³/mol. The lowest BCUT2D eigenvalue weighted by atomic mass is 9.98. The summed E-state index contributed by atoms with van der Waals surface area (Å²) in [5.74, 6) is 1.07. The van der Waals surface area contributed by atoms with Crippen LogP contribution < -0.4 is 5.73 Å². The Balaban J connectivity index is 1.77. The molecule has 1 aliphatic rings. The maximum absolute atomic E-state index is 6.01. The molecule has 0 saturated carbocycles. The molecule has 94 valence electrons. The van der Waals surface area contributed by atoms with Crippen LogP contribution in [0, 0.1) is 6.92 Å². The second-order valence-corrected chi connectivity index (χ2v) is 4.97. The van der Waals surface area contributed by atoms with E-state index >= 15 is 0 Å². The standard InChI is InChI=1S/C15H18N2O/c1-11-6-8-18-15(11)10-17-7-5-13-12(9-17)3-2-4-14(13)16/h2-4,6,8H,5,7,9-10,16H2,1H3. The molecule has 0 unspecified atom stereocenters. The number of hydrogen-bond donors (Lipinski definition) is 1. The van der Waals surface area contributed by atoms with Crippen molar-refractivity contribution in [3.05, 3.63) is 53.0 Å². The summed E-state index contributed by atoms with van der Waals surface area (Å²) in [5, 5.41) is 0. The van der Waals surface area contributed by atoms with Crippen LogP contribution in [-0.2, 0) is 19.5 Å². The summed E-state index contributed by atoms with van der Waals surface area (Å²) < 4.78 is 5.51. The molecule has 3 nitrogen and oxygen atoms in total. The number of anilines is 1. The van der Waals surface area contributed by atoms with Crippen LogP contribution in [0.2, 0.25) is 0 Å². The average Bonchev–Trinajstić information content (AvgIpc) is 2.75. The quantitative estimate of drug-likeness (QED) is 0.823. The Morgan fingerprint density at radius 1 is 1.33 bits per heavy atom. The lowest BCUT2D eigenvalue weighted by molar-refractivity contribution is 0.225. The van der Waals surface area contributed by atoms with E-state index in [0.717, 1.165) is 37.5 Å². The number of nitrogens with zero attached hydrogens (tertiary/aromatic N) is 1. The number of aryl methyl sites for hydroxylation is 1. The van der Waals surface area contributed by atoms with Crippen LogP contribution in [-0.4, -0.2) is 11.4 Å². The average molecular weight is 242 g/mol. The van der Waals surface area contributed by atoms with Gasteiger partial charge in [0.05, 0.1) is 12.8 Å². The molecule has 1 aromatic carbocycles. The Kier molecular flexibility index (Phi) is 2.84. The van der Waals surface area contributed by atoms with Gasteiger partial charge < -0.3 is 10.2 Å². The highest BCUT2D eigenvalue weighted by Crippen LogP contribution is 2.25. The Morgan fingerprint density at radius 2 is 2.22 bits per heavy atom. The third-order valence-corrected chi connectivity index (χ3v) is 3.72. The van der Waals surface area contributed by atoms with E-state index in [1.54, 1.807) is 6.26 Å². The van der Waals surface area contributed by atoms with Crippen LogP contribution in [0.25, 0.3) is 0 Å². The van der Waals surface area contributed by atoms with Crippen LogP contribution in [0.3, 0.4) is 0 Å². The monoisotopic (exact) mass is 242 g/mol. The molecule has 0 radical (unpaired) electrons. The van der Waals surface area contributed by atoms with Crippen LogP contribution >= 0.6 is 0 Å². The van der Waals surface area contributed by atoms with E-state index < -0.39 is 0 Å². The van der Waals surface area contributed by atoms with E-state index in [4.69, 9.17) is 10.2 Å². The van der Waals surface area contributed by atoms with E-state index in [2.05, 4.69) is 17.9 Å². The molecule has 3 rings (SSSR count). The molecule has 18 heavy (non-hydrogen) atoms. The molecular weight excluding hydrogens is 224 g/mol. The largest absolute Gasteiger partial charge is 0.468 e. The summed E-state index contributed by atoms with van der Waals surface area (Å²) in [6.45, 7) is 4.98. The molecule has 2 aromatic rings. The fourth-order valence-corrected chi connectivity index (χ4v) is 2.60. The smallest absolute Gasteiger partial charge is 0.120 e. The fraction of sp³-hybridized carbons (Fsp3) is 0.333. The second kappa shape index (κ2) is 4.50. The number of nitrogens with two attached hydrogens (primary N) is 1. The zero-order valence-electron chi connectivity index (χ0n) is 10.6. The molecule has 2 heterocycles. The fourth-order valence-electron chi connectivity index (χ4n) is 2.60. The van der Waals surface area contributed by atoms with Crippen LogP contribution in [0.15, 0.2) is 34.9 Å². The highest BCUT2D eigenvalue weighted by molar-refractivity contribution is 5.51. The first kappa shape index (κ1) is 11.4. The third-order valence-electron chi connectivity index (χ3n) is 3.72. The molecular formula is C15H18N2O. The number of furan rings is 1. The topological polar surface area (TPSA) is 42.4 Å². The first-order valence-corrected chi connectivity index (χ1v) is 6.35. The summed E-state index contributed by atoms with van der Waals surface area (Å²) >= 11 is 0. The summed E-state index contributed by atoms with van der Waals surface area (Å²) in [6.07, 6.45) is 2.79. The minimum Gasteiger partial charge on any atom is -0.468 e. The Labute approximate surface area is 107 Å². The van der Waals surface area contributed by atoms with Crippen molar-refractivity contribution in [3.8, 4) is 0 Å². The zero-order chi connectivity index (χ0) is 12.5. The van der Waals surface area contributed by atoms with Crippen LogP contribution in [0.4, 0.5) is 5.69 Å². The molecule has 0 amide bonds. The van der Waals surface area contributed by atoms with Crippen molar-refractivity contribution in [2.45, 2.75) is 26.4 Å². The van der Waals surface area contributed by atoms with Gasteiger partial charge in [0.15, 0.2) is 0 Å². The van der Waals surface area contributed by atoms with Gasteiger partial charge in [-0.25, -0.2) is 0 Å². The van der Waals surface area contributed by atoms with Gasteiger partial charge in [0.25, 0.3) is 0 Å². The van der Waals surface area contributed by atoms with Gasteiger partial charge in [0.1, 0.15) is 5.76 Å². The number of hydrogen-bond acceptors (Lipinski definition) is 3. The van der Waals surface area contributed by atoms with Crippen molar-refractivity contribution in [2.75, 3.05) is 12.3 Å². The third kappa shape index (κ3) is 2.02. The van der Waals surface area contributed by atoms with E-state index in [9.17, 15) is 0 Å². The minimum atomic E-state index is 0.882. The number of benzene rings is 1. The predicted octanol–water partition coefficient (Wildman–Crippen LogP) is 2.73. The van der Waals surface area contributed by atoms with Crippen molar-refractivity contribution < 1.29 is 4.42 Å². The second-order valence-electron chi connectivity index (χ2n) is 4.97. The first-order chi connectivity index (χ1) is 8.74. The van der Waals surface area contributed by atoms with E-state index in [1.165, 1.54) is 16.7 Å². The summed E-state index contributed by atoms with van der Waals surface area (Å²) in [4.78, 5) is 2.41. The number of nitrogen functional groups attached to an aromatic ring is 1. The SMILES string of the molecule is Cc1ccoc1CN1CCc2c(N)cccc2C1. The van der Waals surface area contributed by atoms with Gasteiger partial charge in [0.2, 0.25) is 0 Å². The minimum absolute atomic E-state index is 0.882. The van der Waals surface area contributed by atoms with Gasteiger partial charge in [-0.05, 0) is 42.2 Å². The molecule has 1 aromatic heterocycles. The Bertz CT molecular complexity index is 559. The lowest BCUT2D eigenvalue weighted by Crippen LogP contribution is -2.30. The molecule has 0 saturated heterocycles. The van der Waals surface area contributed by atoms with Crippen molar-refractivity contribution >= 4 is 5.69 Å². The molecule has 0 atom stereocenters. The molecule has 1 aliphatic heterocycles. The number of rotatable bonds is 2. The van der Waals surface area contributed by atoms with E-state index in [0.29, 0.717) is 0 Å². The van der Waals surface area contributed by atoms with E-state index in [-0.39, 0.29) is 0 Å². The van der Waals surface area contributed by atoms with Gasteiger partial charge >= 0.3 is 0 Å².